The molecule has 2 rings (SSSR count). The normalized spacial score (nSPS) is 12.2. The van der Waals surface area contributed by atoms with Gasteiger partial charge in [0.15, 0.2) is 5.75 Å². The van der Waals surface area contributed by atoms with Gasteiger partial charge in [0.1, 0.15) is 18.5 Å². The van der Waals surface area contributed by atoms with Crippen LogP contribution in [0.4, 0.5) is 4.39 Å². The zero-order valence-corrected chi connectivity index (χ0v) is 12.9. The van der Waals surface area contributed by atoms with E-state index in [9.17, 15) is 19.1 Å². The van der Waals surface area contributed by atoms with Crippen LogP contribution in [-0.4, -0.2) is 15.6 Å². The average molecular weight is 319 g/mol. The molecule has 0 bridgehead atoms. The minimum absolute atomic E-state index is 0.0590. The molecule has 23 heavy (non-hydrogen) atoms. The molecular weight excluding hydrogens is 301 g/mol. The summed E-state index contributed by atoms with van der Waals surface area (Å²) in [7, 11) is 0. The Bertz CT molecular complexity index is 737. The van der Waals surface area contributed by atoms with Gasteiger partial charge in [-0.1, -0.05) is 26.0 Å². The molecule has 0 radical (unpaired) electrons. The van der Waals surface area contributed by atoms with E-state index in [0.29, 0.717) is 5.56 Å². The zero-order valence-electron chi connectivity index (χ0n) is 12.9. The van der Waals surface area contributed by atoms with Gasteiger partial charge in [0, 0.05) is 6.20 Å². The maximum absolute atomic E-state index is 12.9. The molecule has 1 aromatic carbocycles. The second-order valence-corrected chi connectivity index (χ2v) is 5.53. The number of aliphatic carboxylic acids is 1. The topological polar surface area (TPSA) is 68.5 Å². The van der Waals surface area contributed by atoms with Crippen LogP contribution in [0.5, 0.6) is 5.75 Å². The van der Waals surface area contributed by atoms with Gasteiger partial charge >= 0.3 is 5.97 Å². The van der Waals surface area contributed by atoms with Crippen molar-refractivity contribution in [1.29, 1.82) is 0 Å². The largest absolute Gasteiger partial charge is 0.483 e. The van der Waals surface area contributed by atoms with Gasteiger partial charge in [-0.3, -0.25) is 9.36 Å². The third kappa shape index (κ3) is 3.97. The molecule has 0 fully saturated rings. The van der Waals surface area contributed by atoms with E-state index < -0.39 is 17.6 Å². The summed E-state index contributed by atoms with van der Waals surface area (Å²) in [5.74, 6) is -1.61. The van der Waals surface area contributed by atoms with Gasteiger partial charge < -0.3 is 9.84 Å². The van der Waals surface area contributed by atoms with E-state index in [4.69, 9.17) is 4.74 Å². The van der Waals surface area contributed by atoms with Gasteiger partial charge in [0.25, 0.3) is 5.56 Å². The fourth-order valence-corrected chi connectivity index (χ4v) is 2.29. The summed E-state index contributed by atoms with van der Waals surface area (Å²) in [6.45, 7) is 3.56. The van der Waals surface area contributed by atoms with Crippen molar-refractivity contribution in [2.75, 3.05) is 0 Å². The van der Waals surface area contributed by atoms with Crippen LogP contribution in [0.25, 0.3) is 0 Å². The van der Waals surface area contributed by atoms with Crippen LogP contribution in [0, 0.1) is 11.7 Å². The highest BCUT2D eigenvalue weighted by Gasteiger charge is 2.25. The fraction of sp³-hybridized carbons (Fsp3) is 0.294. The average Bonchev–Trinajstić information content (AvgIpc) is 2.49. The molecule has 0 aliphatic carbocycles. The number of carboxylic acid groups (broad SMARTS) is 1. The molecule has 0 saturated heterocycles. The molecule has 0 aliphatic rings. The third-order valence-electron chi connectivity index (χ3n) is 3.43. The first-order valence-electron chi connectivity index (χ1n) is 7.21. The highest BCUT2D eigenvalue weighted by atomic mass is 19.1. The Hall–Kier alpha value is -2.63. The van der Waals surface area contributed by atoms with Crippen LogP contribution in [0.15, 0.2) is 47.4 Å². The van der Waals surface area contributed by atoms with E-state index >= 15 is 0 Å². The Morgan fingerprint density at radius 2 is 1.91 bits per heavy atom. The van der Waals surface area contributed by atoms with Crippen molar-refractivity contribution in [3.8, 4) is 5.75 Å². The molecule has 0 amide bonds. The number of nitrogens with zero attached hydrogens (tertiary/aromatic N) is 1. The highest BCUT2D eigenvalue weighted by molar-refractivity contribution is 5.72. The van der Waals surface area contributed by atoms with Crippen LogP contribution in [0.2, 0.25) is 0 Å². The molecule has 1 atom stereocenters. The van der Waals surface area contributed by atoms with E-state index in [2.05, 4.69) is 0 Å². The lowest BCUT2D eigenvalue weighted by Crippen LogP contribution is -2.33. The van der Waals surface area contributed by atoms with Gasteiger partial charge in [-0.25, -0.2) is 9.18 Å². The molecule has 0 saturated carbocycles. The third-order valence-corrected chi connectivity index (χ3v) is 3.43. The first-order chi connectivity index (χ1) is 10.9. The Labute approximate surface area is 133 Å². The summed E-state index contributed by atoms with van der Waals surface area (Å²) >= 11 is 0. The van der Waals surface area contributed by atoms with Gasteiger partial charge in [0.05, 0.1) is 0 Å². The van der Waals surface area contributed by atoms with Crippen LogP contribution < -0.4 is 10.3 Å². The monoisotopic (exact) mass is 319 g/mol. The zero-order chi connectivity index (χ0) is 17.0. The maximum atomic E-state index is 12.9. The van der Waals surface area contributed by atoms with Gasteiger partial charge in [-0.05, 0) is 35.7 Å². The van der Waals surface area contributed by atoms with E-state index in [1.165, 1.54) is 24.4 Å². The van der Waals surface area contributed by atoms with E-state index in [0.717, 1.165) is 4.57 Å². The van der Waals surface area contributed by atoms with Crippen molar-refractivity contribution in [2.24, 2.45) is 5.92 Å². The van der Waals surface area contributed by atoms with Crippen LogP contribution >= 0.6 is 0 Å². The van der Waals surface area contributed by atoms with Crippen molar-refractivity contribution < 1.29 is 19.0 Å². The molecular formula is C17H18FNO4. The first-order valence-corrected chi connectivity index (χ1v) is 7.21. The molecule has 6 heteroatoms. The summed E-state index contributed by atoms with van der Waals surface area (Å²) in [4.78, 5) is 23.8. The molecule has 1 N–H and O–H groups in total. The van der Waals surface area contributed by atoms with Crippen molar-refractivity contribution >= 4 is 5.97 Å². The van der Waals surface area contributed by atoms with E-state index in [1.54, 1.807) is 32.0 Å². The number of benzene rings is 1. The lowest BCUT2D eigenvalue weighted by atomic mass is 10.0. The maximum Gasteiger partial charge on any atom is 0.327 e. The number of hydrogen-bond acceptors (Lipinski definition) is 3. The predicted octanol–water partition coefficient (Wildman–Crippen LogP) is 2.85. The van der Waals surface area contributed by atoms with E-state index in [1.807, 2.05) is 0 Å². The van der Waals surface area contributed by atoms with Crippen LogP contribution in [0.3, 0.4) is 0 Å². The minimum atomic E-state index is -1.07. The van der Waals surface area contributed by atoms with Crippen molar-refractivity contribution in [2.45, 2.75) is 26.5 Å². The molecule has 122 valence electrons. The lowest BCUT2D eigenvalue weighted by molar-refractivity contribution is -0.142. The number of carboxylic acids is 1. The number of aromatic nitrogens is 1. The SMILES string of the molecule is CC(C)C(C(=O)O)n1cccc(OCc2ccc(F)cc2)c1=O. The highest BCUT2D eigenvalue weighted by Crippen LogP contribution is 2.17. The first kappa shape index (κ1) is 16.7. The number of hydrogen-bond donors (Lipinski definition) is 1. The summed E-state index contributed by atoms with van der Waals surface area (Å²) in [6, 6.07) is 7.83. The molecule has 2 aromatic rings. The Morgan fingerprint density at radius 3 is 2.48 bits per heavy atom. The quantitative estimate of drug-likeness (QED) is 0.889. The minimum Gasteiger partial charge on any atom is -0.483 e. The van der Waals surface area contributed by atoms with Crippen molar-refractivity contribution in [1.82, 2.24) is 4.57 Å². The Balaban J connectivity index is 2.24. The molecule has 5 nitrogen and oxygen atoms in total. The fourth-order valence-electron chi connectivity index (χ4n) is 2.29. The second-order valence-electron chi connectivity index (χ2n) is 5.53. The summed E-state index contributed by atoms with van der Waals surface area (Å²) in [6.07, 6.45) is 1.44. The molecule has 1 heterocycles. The molecule has 1 aromatic heterocycles. The number of ether oxygens (including phenoxy) is 1. The standard InChI is InChI=1S/C17H18FNO4/c1-11(2)15(17(21)22)19-9-3-4-14(16(19)20)23-10-12-5-7-13(18)8-6-12/h3-9,11,15H,10H2,1-2H3,(H,21,22). The van der Waals surface area contributed by atoms with Crippen LogP contribution in [-0.2, 0) is 11.4 Å². The Morgan fingerprint density at radius 1 is 1.26 bits per heavy atom. The smallest absolute Gasteiger partial charge is 0.327 e. The van der Waals surface area contributed by atoms with E-state index in [-0.39, 0.29) is 24.1 Å². The van der Waals surface area contributed by atoms with Crippen molar-refractivity contribution in [3.05, 3.63) is 64.3 Å². The lowest BCUT2D eigenvalue weighted by Gasteiger charge is -2.19. The summed E-state index contributed by atoms with van der Waals surface area (Å²) in [5.41, 5.74) is 0.204. The number of carbonyl (C=O) groups is 1. The summed E-state index contributed by atoms with van der Waals surface area (Å²) < 4.78 is 19.5. The molecule has 0 spiro atoms. The van der Waals surface area contributed by atoms with Gasteiger partial charge in [-0.2, -0.15) is 0 Å². The second kappa shape index (κ2) is 7.09. The van der Waals surface area contributed by atoms with Crippen LogP contribution in [0.1, 0.15) is 25.5 Å². The summed E-state index contributed by atoms with van der Waals surface area (Å²) in [5, 5.41) is 9.31. The number of rotatable bonds is 6. The van der Waals surface area contributed by atoms with Crippen molar-refractivity contribution in [3.63, 3.8) is 0 Å². The number of halogens is 1. The number of pyridine rings is 1. The molecule has 1 unspecified atom stereocenters. The van der Waals surface area contributed by atoms with Gasteiger partial charge in [0.2, 0.25) is 0 Å². The molecule has 0 aliphatic heterocycles. The Kier molecular flexibility index (Phi) is 5.16. The van der Waals surface area contributed by atoms with Gasteiger partial charge in [-0.15, -0.1) is 0 Å². The predicted molar refractivity (Wildman–Crippen MR) is 82.9 cm³/mol.